The molecule has 4 heterocycles. The maximum atomic E-state index is 14.3. The van der Waals surface area contributed by atoms with Crippen LogP contribution in [0.4, 0.5) is 13.2 Å². The molecule has 0 atom stereocenters. The molecule has 0 spiro atoms. The van der Waals surface area contributed by atoms with Crippen molar-refractivity contribution in [1.29, 1.82) is 10.5 Å². The number of nitrogens with zero attached hydrogens (tertiary/aromatic N) is 5. The van der Waals surface area contributed by atoms with Crippen LogP contribution in [0.3, 0.4) is 0 Å². The summed E-state index contributed by atoms with van der Waals surface area (Å²) in [5, 5.41) is 31.9. The van der Waals surface area contributed by atoms with Gasteiger partial charge in [0.2, 0.25) is 0 Å². The summed E-state index contributed by atoms with van der Waals surface area (Å²) in [7, 11) is 0. The van der Waals surface area contributed by atoms with E-state index in [4.69, 9.17) is 0 Å². The van der Waals surface area contributed by atoms with Crippen molar-refractivity contribution in [3.05, 3.63) is 340 Å². The third kappa shape index (κ3) is 16.0. The van der Waals surface area contributed by atoms with E-state index in [1.54, 1.807) is 60.7 Å². The smallest absolute Gasteiger partial charge is 0.195 e. The van der Waals surface area contributed by atoms with E-state index in [-0.39, 0.29) is 60.0 Å². The molecule has 0 saturated carbocycles. The molecule has 14 aromatic carbocycles. The fourth-order valence-corrected chi connectivity index (χ4v) is 18.2. The second-order valence-electron chi connectivity index (χ2n) is 43.0. The molecule has 0 amide bonds. The van der Waals surface area contributed by atoms with Gasteiger partial charge in [-0.2, -0.15) is 10.5 Å². The molecule has 0 fully saturated rings. The minimum atomic E-state index is -1.58. The molecule has 0 saturated heterocycles. The Labute approximate surface area is 748 Å². The molecule has 0 aliphatic rings. The first kappa shape index (κ1) is 87.5. The normalized spacial score (nSPS) is 12.7. The molecule has 6 nitrogen and oxygen atoms in total. The third-order valence-corrected chi connectivity index (χ3v) is 25.7. The van der Waals surface area contributed by atoms with Crippen LogP contribution >= 0.6 is 0 Å². The molecule has 640 valence electrons. The molecule has 0 aliphatic heterocycles. The zero-order chi connectivity index (χ0) is 91.1. The fourth-order valence-electron chi connectivity index (χ4n) is 18.2. The molecule has 127 heavy (non-hydrogen) atoms. The minimum Gasteiger partial charge on any atom is -0.355 e. The first-order valence-electron chi connectivity index (χ1n) is 44.6. The third-order valence-electron chi connectivity index (χ3n) is 25.7. The lowest BCUT2D eigenvalue weighted by Gasteiger charge is -2.29. The number of aromatic nitrogens is 4. The van der Waals surface area contributed by atoms with Crippen LogP contribution in [-0.2, 0) is 43.3 Å². The number of halogens is 3. The van der Waals surface area contributed by atoms with E-state index in [2.05, 4.69) is 397 Å². The molecule has 4 aromatic heterocycles. The standard InChI is InChI=1S/C79H82N4.C20H25N.C19H10F3N/c1-74(2,3)50-29-35-63-56(41-50)57-42-51(75(4,5)6)30-36-64(57)81(63)71-69(48-25-21-19-22-26-48)62(47-80)70(49-27-23-20-24-28-49)72(82-65-37-31-52(76(7,8)9)43-58(65)59-44-53(77(10,11)12)32-38-66(59)82)73(71)83-67-39-33-54(78(13,14)15)45-60(67)61-46-55(79(16,17)18)34-40-68(61)83;1-19(2,3)13-7-9-17-15(11-13)16-12-14(20(4,5)6)8-10-18(16)21-17;20-17-15(12-7-3-1-4-8-12)14(11-23)16(18(21)19(17)22)13-9-5-2-6-10-13/h19-46H,1-18H3;7-12,21H,1-6H3;1-10H. The largest absolute Gasteiger partial charge is 0.355 e. The summed E-state index contributed by atoms with van der Waals surface area (Å²) in [6.45, 7) is 55.3. The molecule has 18 rings (SSSR count). The quantitative estimate of drug-likeness (QED) is 0.161. The van der Waals surface area contributed by atoms with E-state index in [0.717, 1.165) is 72.4 Å². The van der Waals surface area contributed by atoms with Gasteiger partial charge in [0, 0.05) is 76.4 Å². The van der Waals surface area contributed by atoms with Crippen LogP contribution in [0.25, 0.3) is 149 Å². The summed E-state index contributed by atoms with van der Waals surface area (Å²) < 4.78 is 50.4. The van der Waals surface area contributed by atoms with Crippen molar-refractivity contribution in [3.8, 4) is 73.7 Å². The van der Waals surface area contributed by atoms with E-state index < -0.39 is 17.5 Å². The highest BCUT2D eigenvalue weighted by Gasteiger charge is 2.37. The molecule has 0 radical (unpaired) electrons. The van der Waals surface area contributed by atoms with Gasteiger partial charge in [-0.1, -0.05) is 336 Å². The van der Waals surface area contributed by atoms with Crippen molar-refractivity contribution in [2.24, 2.45) is 0 Å². The predicted molar refractivity (Wildman–Crippen MR) is 532 cm³/mol. The van der Waals surface area contributed by atoms with Crippen molar-refractivity contribution < 1.29 is 13.2 Å². The van der Waals surface area contributed by atoms with Gasteiger partial charge in [0.1, 0.15) is 12.1 Å². The summed E-state index contributed by atoms with van der Waals surface area (Å²) in [5.41, 5.74) is 26.2. The Kier molecular flexibility index (Phi) is 22.0. The number of aromatic amines is 1. The number of hydrogen-bond acceptors (Lipinski definition) is 2. The van der Waals surface area contributed by atoms with Crippen molar-refractivity contribution in [2.45, 2.75) is 209 Å². The second kappa shape index (κ2) is 31.9. The lowest BCUT2D eigenvalue weighted by Crippen LogP contribution is -2.15. The van der Waals surface area contributed by atoms with E-state index >= 15 is 0 Å². The Morgan fingerprint density at radius 1 is 0.220 bits per heavy atom. The summed E-state index contributed by atoms with van der Waals surface area (Å²) in [4.78, 5) is 3.54. The van der Waals surface area contributed by atoms with Crippen LogP contribution in [0.15, 0.2) is 267 Å². The maximum Gasteiger partial charge on any atom is 0.195 e. The van der Waals surface area contributed by atoms with Gasteiger partial charge < -0.3 is 18.7 Å². The van der Waals surface area contributed by atoms with Gasteiger partial charge >= 0.3 is 0 Å². The molecule has 0 unspecified atom stereocenters. The van der Waals surface area contributed by atoms with Crippen LogP contribution in [0.5, 0.6) is 0 Å². The zero-order valence-corrected chi connectivity index (χ0v) is 78.3. The van der Waals surface area contributed by atoms with E-state index in [9.17, 15) is 23.7 Å². The Balaban J connectivity index is 0.000000217. The summed E-state index contributed by atoms with van der Waals surface area (Å²) in [5.74, 6) is -4.29. The molecule has 0 bridgehead atoms. The van der Waals surface area contributed by atoms with Crippen molar-refractivity contribution in [2.75, 3.05) is 0 Å². The average molecular weight is 1680 g/mol. The van der Waals surface area contributed by atoms with Crippen molar-refractivity contribution in [3.63, 3.8) is 0 Å². The average Bonchev–Trinajstić information content (AvgIpc) is 1.55. The molecule has 9 heteroatoms. The Hall–Kier alpha value is -13.0. The first-order valence-corrected chi connectivity index (χ1v) is 44.6. The number of benzene rings is 14. The van der Waals surface area contributed by atoms with E-state index in [1.165, 1.54) is 98.6 Å². The Morgan fingerprint density at radius 3 is 0.622 bits per heavy atom. The monoisotopic (exact) mass is 1670 g/mol. The number of rotatable bonds is 7. The molecular weight excluding hydrogens is 1560 g/mol. The minimum absolute atomic E-state index is 0.111. The molecular formula is C118H117F3N6. The molecule has 18 aromatic rings. The highest BCUT2D eigenvalue weighted by Crippen LogP contribution is 2.54. The lowest BCUT2D eigenvalue weighted by molar-refractivity contribution is 0.450. The van der Waals surface area contributed by atoms with Gasteiger partial charge in [-0.05, 0) is 207 Å². The van der Waals surface area contributed by atoms with Crippen LogP contribution in [0.2, 0.25) is 0 Å². The summed E-state index contributed by atoms with van der Waals surface area (Å²) in [6, 6.07) is 99.1. The Bertz CT molecular complexity index is 6900. The summed E-state index contributed by atoms with van der Waals surface area (Å²) in [6.07, 6.45) is 0. The Morgan fingerprint density at radius 2 is 0.409 bits per heavy atom. The fraction of sp³-hybridized carbons (Fsp3) is 0.271. The highest BCUT2D eigenvalue weighted by atomic mass is 19.2. The van der Waals surface area contributed by atoms with Gasteiger partial charge in [-0.3, -0.25) is 0 Å². The predicted octanol–water partition coefficient (Wildman–Crippen LogP) is 33.2. The van der Waals surface area contributed by atoms with Gasteiger partial charge in [-0.25, -0.2) is 13.2 Å². The highest BCUT2D eigenvalue weighted by molar-refractivity contribution is 6.17. The van der Waals surface area contributed by atoms with Crippen LogP contribution in [-0.4, -0.2) is 18.7 Å². The lowest BCUT2D eigenvalue weighted by atomic mass is 9.85. The van der Waals surface area contributed by atoms with Gasteiger partial charge in [0.25, 0.3) is 0 Å². The molecule has 1 N–H and O–H groups in total. The number of nitriles is 2. The molecule has 0 aliphatic carbocycles. The first-order chi connectivity index (χ1) is 59.8. The van der Waals surface area contributed by atoms with Crippen LogP contribution in [0, 0.1) is 40.1 Å². The van der Waals surface area contributed by atoms with E-state index in [0.29, 0.717) is 16.7 Å². The SMILES string of the molecule is CC(C)(C)c1ccc2[nH]c3ccc(C(C)(C)C)cc3c2c1.CC(C)(C)c1ccc2c(c1)c1cc(C(C)(C)C)ccc1n2-c1c(-c2ccccc2)c(C#N)c(-c2ccccc2)c(-n2c3ccc(C(C)(C)C)cc3c3cc(C(C)(C)C)ccc32)c1-n1c2ccc(C(C)(C)C)cc2c2cc(C(C)(C)C)ccc21.N#Cc1c(-c2ccccc2)c(F)c(F)c(F)c1-c1ccccc1. The van der Waals surface area contributed by atoms with Crippen LogP contribution < -0.4 is 0 Å². The van der Waals surface area contributed by atoms with Gasteiger partial charge in [0.05, 0.1) is 61.3 Å². The van der Waals surface area contributed by atoms with Gasteiger partial charge in [0.15, 0.2) is 17.5 Å². The topological polar surface area (TPSA) is 78.2 Å². The zero-order valence-electron chi connectivity index (χ0n) is 78.3. The second-order valence-corrected chi connectivity index (χ2v) is 43.0. The number of hydrogen-bond donors (Lipinski definition) is 1. The summed E-state index contributed by atoms with van der Waals surface area (Å²) >= 11 is 0. The van der Waals surface area contributed by atoms with Gasteiger partial charge in [-0.15, -0.1) is 0 Å². The number of H-pyrrole nitrogens is 1. The van der Waals surface area contributed by atoms with Crippen LogP contribution in [0.1, 0.15) is 222 Å². The van der Waals surface area contributed by atoms with E-state index in [1.807, 2.05) is 6.07 Å². The van der Waals surface area contributed by atoms with Crippen molar-refractivity contribution in [1.82, 2.24) is 18.7 Å². The maximum absolute atomic E-state index is 14.3. The number of nitrogens with one attached hydrogen (secondary N) is 1. The van der Waals surface area contributed by atoms with Crippen molar-refractivity contribution >= 4 is 87.2 Å². The number of fused-ring (bicyclic) bond motifs is 12.